The lowest BCUT2D eigenvalue weighted by molar-refractivity contribution is 0.102. The number of aryl methyl sites for hydroxylation is 3. The van der Waals surface area contributed by atoms with Crippen LogP contribution in [0.3, 0.4) is 0 Å². The van der Waals surface area contributed by atoms with Crippen LogP contribution in [0.5, 0.6) is 0 Å². The van der Waals surface area contributed by atoms with Crippen molar-refractivity contribution in [3.63, 3.8) is 0 Å². The number of para-hydroxylation sites is 1. The summed E-state index contributed by atoms with van der Waals surface area (Å²) < 4.78 is 0. The van der Waals surface area contributed by atoms with Crippen LogP contribution in [0.15, 0.2) is 48.8 Å². The summed E-state index contributed by atoms with van der Waals surface area (Å²) in [6, 6.07) is 11.5. The van der Waals surface area contributed by atoms with E-state index in [4.69, 9.17) is 0 Å². The first-order chi connectivity index (χ1) is 13.1. The zero-order valence-electron chi connectivity index (χ0n) is 15.8. The number of amides is 1. The van der Waals surface area contributed by atoms with E-state index in [-0.39, 0.29) is 5.91 Å². The fourth-order valence-corrected chi connectivity index (χ4v) is 2.85. The third-order valence-electron chi connectivity index (χ3n) is 4.27. The number of hydrogen-bond acceptors (Lipinski definition) is 5. The van der Waals surface area contributed by atoms with Crippen molar-refractivity contribution in [3.05, 3.63) is 77.0 Å². The Hall–Kier alpha value is -3.28. The molecule has 3 aromatic rings. The maximum absolute atomic E-state index is 12.8. The highest BCUT2D eigenvalue weighted by Crippen LogP contribution is 2.22. The van der Waals surface area contributed by atoms with Crippen molar-refractivity contribution >= 4 is 17.4 Å². The van der Waals surface area contributed by atoms with Crippen molar-refractivity contribution in [1.29, 1.82) is 0 Å². The zero-order valence-corrected chi connectivity index (χ0v) is 15.8. The molecule has 0 aliphatic heterocycles. The summed E-state index contributed by atoms with van der Waals surface area (Å²) in [5.74, 6) is 0.918. The Morgan fingerprint density at radius 2 is 1.85 bits per heavy atom. The largest absolute Gasteiger partial charge is 0.366 e. The fraction of sp³-hybridized carbons (Fsp3) is 0.238. The lowest BCUT2D eigenvalue weighted by atomic mass is 10.1. The Morgan fingerprint density at radius 1 is 1.07 bits per heavy atom. The highest BCUT2D eigenvalue weighted by atomic mass is 16.1. The van der Waals surface area contributed by atoms with Gasteiger partial charge in [0.1, 0.15) is 17.3 Å². The molecule has 2 N–H and O–H groups in total. The first kappa shape index (κ1) is 18.5. The number of aromatic nitrogens is 3. The minimum atomic E-state index is -0.239. The molecule has 1 aromatic carbocycles. The van der Waals surface area contributed by atoms with E-state index in [2.05, 4.69) is 32.5 Å². The normalized spacial score (nSPS) is 10.5. The summed E-state index contributed by atoms with van der Waals surface area (Å²) in [5.41, 5.74) is 4.41. The second-order valence-corrected chi connectivity index (χ2v) is 6.31. The number of rotatable bonds is 6. The van der Waals surface area contributed by atoms with Gasteiger partial charge in [0.2, 0.25) is 0 Å². The van der Waals surface area contributed by atoms with Crippen molar-refractivity contribution in [2.24, 2.45) is 0 Å². The smallest absolute Gasteiger partial charge is 0.274 e. The first-order valence-corrected chi connectivity index (χ1v) is 8.95. The average molecular weight is 361 g/mol. The van der Waals surface area contributed by atoms with E-state index in [0.717, 1.165) is 28.8 Å². The van der Waals surface area contributed by atoms with Crippen LogP contribution < -0.4 is 10.6 Å². The average Bonchev–Trinajstić information content (AvgIpc) is 2.68. The van der Waals surface area contributed by atoms with Gasteiger partial charge in [-0.15, -0.1) is 0 Å². The second-order valence-electron chi connectivity index (χ2n) is 6.31. The van der Waals surface area contributed by atoms with Crippen molar-refractivity contribution in [1.82, 2.24) is 15.0 Å². The molecule has 0 radical (unpaired) electrons. The molecular weight excluding hydrogens is 338 g/mol. The minimum absolute atomic E-state index is 0.239. The van der Waals surface area contributed by atoms with Crippen LogP contribution in [0.25, 0.3) is 0 Å². The number of carbonyl (C=O) groups excluding carboxylic acids is 1. The second kappa shape index (κ2) is 8.40. The maximum Gasteiger partial charge on any atom is 0.274 e. The molecule has 0 fully saturated rings. The molecule has 6 heteroatoms. The van der Waals surface area contributed by atoms with Crippen LogP contribution in [0.2, 0.25) is 0 Å². The molecule has 0 unspecified atom stereocenters. The monoisotopic (exact) mass is 361 g/mol. The van der Waals surface area contributed by atoms with E-state index in [1.807, 2.05) is 37.3 Å². The molecule has 0 aliphatic rings. The molecule has 0 atom stereocenters. The summed E-state index contributed by atoms with van der Waals surface area (Å²) in [5, 5.41) is 6.24. The maximum atomic E-state index is 12.8. The highest BCUT2D eigenvalue weighted by Gasteiger charge is 2.14. The van der Waals surface area contributed by atoms with Gasteiger partial charge < -0.3 is 10.6 Å². The molecule has 2 heterocycles. The van der Waals surface area contributed by atoms with E-state index in [1.165, 1.54) is 0 Å². The van der Waals surface area contributed by atoms with Gasteiger partial charge in [0.25, 0.3) is 5.91 Å². The Bertz CT molecular complexity index is 941. The van der Waals surface area contributed by atoms with Crippen molar-refractivity contribution < 1.29 is 4.79 Å². The number of nitrogens with zero attached hydrogens (tertiary/aromatic N) is 3. The van der Waals surface area contributed by atoms with Gasteiger partial charge in [-0.1, -0.05) is 25.1 Å². The van der Waals surface area contributed by atoms with Crippen molar-refractivity contribution in [2.75, 3.05) is 10.6 Å². The Labute approximate surface area is 159 Å². The van der Waals surface area contributed by atoms with Gasteiger partial charge in [-0.25, -0.2) is 9.97 Å². The van der Waals surface area contributed by atoms with Crippen LogP contribution in [-0.4, -0.2) is 20.9 Å². The molecular formula is C21H23N5O. The van der Waals surface area contributed by atoms with Crippen LogP contribution in [-0.2, 0) is 13.0 Å². The molecule has 0 aliphatic carbocycles. The van der Waals surface area contributed by atoms with Crippen molar-refractivity contribution in [2.45, 2.75) is 33.7 Å². The van der Waals surface area contributed by atoms with Gasteiger partial charge in [0.15, 0.2) is 0 Å². The van der Waals surface area contributed by atoms with Gasteiger partial charge in [-0.3, -0.25) is 9.78 Å². The Balaban J connectivity index is 1.78. The third kappa shape index (κ3) is 4.67. The number of carbonyl (C=O) groups is 1. The van der Waals surface area contributed by atoms with Gasteiger partial charge in [-0.2, -0.15) is 0 Å². The molecule has 0 bridgehead atoms. The number of benzene rings is 1. The standard InChI is InChI=1S/C21H23N5O/c1-4-17-7-5-6-14(2)20(17)26-21(27)18-12-19(25-15(3)24-18)23-13-16-8-10-22-11-9-16/h5-12H,4,13H2,1-3H3,(H,26,27)(H,23,24,25). The number of nitrogens with one attached hydrogen (secondary N) is 2. The SMILES string of the molecule is CCc1cccc(C)c1NC(=O)c1cc(NCc2ccncc2)nc(C)n1. The zero-order chi connectivity index (χ0) is 19.2. The van der Waals surface area contributed by atoms with Crippen LogP contribution in [0.1, 0.15) is 39.9 Å². The van der Waals surface area contributed by atoms with E-state index < -0.39 is 0 Å². The predicted molar refractivity (Wildman–Crippen MR) is 107 cm³/mol. The van der Waals surface area contributed by atoms with Crippen LogP contribution in [0.4, 0.5) is 11.5 Å². The van der Waals surface area contributed by atoms with Gasteiger partial charge >= 0.3 is 0 Å². The van der Waals surface area contributed by atoms with Crippen LogP contribution >= 0.6 is 0 Å². The lowest BCUT2D eigenvalue weighted by Gasteiger charge is -2.13. The molecule has 1 amide bonds. The molecule has 0 spiro atoms. The molecule has 2 aromatic heterocycles. The first-order valence-electron chi connectivity index (χ1n) is 8.95. The lowest BCUT2D eigenvalue weighted by Crippen LogP contribution is -2.17. The Morgan fingerprint density at radius 3 is 2.59 bits per heavy atom. The minimum Gasteiger partial charge on any atom is -0.366 e. The summed E-state index contributed by atoms with van der Waals surface area (Å²) in [6.07, 6.45) is 4.34. The molecule has 27 heavy (non-hydrogen) atoms. The summed E-state index contributed by atoms with van der Waals surface area (Å²) >= 11 is 0. The quantitative estimate of drug-likeness (QED) is 0.696. The van der Waals surface area contributed by atoms with Crippen LogP contribution in [0, 0.1) is 13.8 Å². The van der Waals surface area contributed by atoms with E-state index in [0.29, 0.717) is 23.9 Å². The molecule has 138 valence electrons. The summed E-state index contributed by atoms with van der Waals surface area (Å²) in [7, 11) is 0. The predicted octanol–water partition coefficient (Wildman–Crippen LogP) is 3.92. The topological polar surface area (TPSA) is 79.8 Å². The van der Waals surface area contributed by atoms with Gasteiger partial charge in [0, 0.05) is 30.7 Å². The molecule has 0 saturated carbocycles. The molecule has 3 rings (SSSR count). The van der Waals surface area contributed by atoms with Gasteiger partial charge in [-0.05, 0) is 49.1 Å². The highest BCUT2D eigenvalue weighted by molar-refractivity contribution is 6.04. The summed E-state index contributed by atoms with van der Waals surface area (Å²) in [4.78, 5) is 25.5. The number of hydrogen-bond donors (Lipinski definition) is 2. The fourth-order valence-electron chi connectivity index (χ4n) is 2.85. The van der Waals surface area contributed by atoms with E-state index >= 15 is 0 Å². The number of anilines is 2. The van der Waals surface area contributed by atoms with Crippen molar-refractivity contribution in [3.8, 4) is 0 Å². The summed E-state index contributed by atoms with van der Waals surface area (Å²) in [6.45, 7) is 6.43. The van der Waals surface area contributed by atoms with E-state index in [1.54, 1.807) is 25.4 Å². The number of pyridine rings is 1. The molecule has 6 nitrogen and oxygen atoms in total. The van der Waals surface area contributed by atoms with Gasteiger partial charge in [0.05, 0.1) is 0 Å². The third-order valence-corrected chi connectivity index (χ3v) is 4.27. The Kier molecular flexibility index (Phi) is 5.76. The van der Waals surface area contributed by atoms with E-state index in [9.17, 15) is 4.79 Å². The molecule has 0 saturated heterocycles.